The molecule has 3 rings (SSSR count). The van der Waals surface area contributed by atoms with E-state index in [1.165, 1.54) is 12.1 Å². The number of ether oxygens (including phenoxy) is 1. The van der Waals surface area contributed by atoms with Crippen molar-refractivity contribution in [2.45, 2.75) is 12.8 Å². The van der Waals surface area contributed by atoms with Crippen LogP contribution in [0.2, 0.25) is 0 Å². The SMILES string of the molecule is O=C(NCC(=O)N1CCN(c2ccc(C(F)(F)F)cc2)CC1)OCc1ccccc1. The van der Waals surface area contributed by atoms with Crippen LogP contribution in [0.4, 0.5) is 23.7 Å². The summed E-state index contributed by atoms with van der Waals surface area (Å²) >= 11 is 0. The van der Waals surface area contributed by atoms with E-state index in [4.69, 9.17) is 4.74 Å². The number of hydrogen-bond donors (Lipinski definition) is 1. The zero-order valence-corrected chi connectivity index (χ0v) is 16.2. The Morgan fingerprint density at radius 3 is 2.17 bits per heavy atom. The van der Waals surface area contributed by atoms with E-state index in [2.05, 4.69) is 5.32 Å². The summed E-state index contributed by atoms with van der Waals surface area (Å²) in [6.07, 6.45) is -5.03. The fraction of sp³-hybridized carbons (Fsp3) is 0.333. The number of halogens is 3. The summed E-state index contributed by atoms with van der Waals surface area (Å²) in [7, 11) is 0. The Morgan fingerprint density at radius 1 is 0.933 bits per heavy atom. The molecule has 0 atom stereocenters. The van der Waals surface area contributed by atoms with E-state index < -0.39 is 17.8 Å². The number of carbonyl (C=O) groups is 2. The molecule has 0 spiro atoms. The highest BCUT2D eigenvalue weighted by molar-refractivity contribution is 5.82. The molecule has 0 unspecified atom stereocenters. The average molecular weight is 421 g/mol. The molecule has 1 heterocycles. The zero-order valence-electron chi connectivity index (χ0n) is 16.2. The number of benzene rings is 2. The van der Waals surface area contributed by atoms with Crippen LogP contribution in [-0.4, -0.2) is 49.6 Å². The molecule has 0 bridgehead atoms. The third kappa shape index (κ3) is 5.88. The number of piperazine rings is 1. The monoisotopic (exact) mass is 421 g/mol. The summed E-state index contributed by atoms with van der Waals surface area (Å²) in [5.74, 6) is -0.237. The van der Waals surface area contributed by atoms with Gasteiger partial charge in [-0.2, -0.15) is 13.2 Å². The van der Waals surface area contributed by atoms with Crippen LogP contribution in [0, 0.1) is 0 Å². The van der Waals surface area contributed by atoms with Gasteiger partial charge in [0, 0.05) is 31.9 Å². The van der Waals surface area contributed by atoms with Crippen molar-refractivity contribution in [3.63, 3.8) is 0 Å². The van der Waals surface area contributed by atoms with Crippen molar-refractivity contribution in [1.29, 1.82) is 0 Å². The van der Waals surface area contributed by atoms with E-state index in [9.17, 15) is 22.8 Å². The normalized spacial score (nSPS) is 14.4. The first kappa shape index (κ1) is 21.5. The smallest absolute Gasteiger partial charge is 0.416 e. The minimum absolute atomic E-state index is 0.118. The van der Waals surface area contributed by atoms with Crippen LogP contribution in [0.3, 0.4) is 0 Å². The van der Waals surface area contributed by atoms with E-state index in [0.29, 0.717) is 31.9 Å². The molecule has 2 amide bonds. The van der Waals surface area contributed by atoms with Crippen molar-refractivity contribution in [2.75, 3.05) is 37.6 Å². The molecular formula is C21H22F3N3O3. The Hall–Kier alpha value is -3.23. The molecule has 0 saturated carbocycles. The number of amides is 2. The molecule has 6 nitrogen and oxygen atoms in total. The third-order valence-electron chi connectivity index (χ3n) is 4.79. The van der Waals surface area contributed by atoms with Gasteiger partial charge in [0.2, 0.25) is 5.91 Å². The Morgan fingerprint density at radius 2 is 1.57 bits per heavy atom. The van der Waals surface area contributed by atoms with Crippen LogP contribution >= 0.6 is 0 Å². The van der Waals surface area contributed by atoms with Crippen molar-refractivity contribution in [2.24, 2.45) is 0 Å². The largest absolute Gasteiger partial charge is 0.445 e. The maximum Gasteiger partial charge on any atom is 0.416 e. The van der Waals surface area contributed by atoms with Gasteiger partial charge >= 0.3 is 12.3 Å². The Kier molecular flexibility index (Phi) is 6.81. The maximum atomic E-state index is 12.7. The number of alkyl carbamates (subject to hydrolysis) is 1. The standard InChI is InChI=1S/C21H22F3N3O3/c22-21(23,24)17-6-8-18(9-7-17)26-10-12-27(13-11-26)19(28)14-25-20(29)30-15-16-4-2-1-3-5-16/h1-9H,10-15H2,(H,25,29). The predicted molar refractivity (Wildman–Crippen MR) is 105 cm³/mol. The third-order valence-corrected chi connectivity index (χ3v) is 4.79. The minimum atomic E-state index is -4.36. The average Bonchev–Trinajstić information content (AvgIpc) is 2.76. The molecular weight excluding hydrogens is 399 g/mol. The molecule has 2 aromatic carbocycles. The summed E-state index contributed by atoms with van der Waals surface area (Å²) in [4.78, 5) is 27.6. The van der Waals surface area contributed by atoms with Crippen LogP contribution in [0.5, 0.6) is 0 Å². The second-order valence-electron chi connectivity index (χ2n) is 6.83. The second-order valence-corrected chi connectivity index (χ2v) is 6.83. The molecule has 0 radical (unpaired) electrons. The molecule has 0 aromatic heterocycles. The summed E-state index contributed by atoms with van der Waals surface area (Å²) < 4.78 is 43.1. The Labute approximate surface area is 172 Å². The lowest BCUT2D eigenvalue weighted by atomic mass is 10.1. The lowest BCUT2D eigenvalue weighted by Gasteiger charge is -2.36. The van der Waals surface area contributed by atoms with Gasteiger partial charge < -0.3 is 19.9 Å². The number of alkyl halides is 3. The van der Waals surface area contributed by atoms with Crippen molar-refractivity contribution in [1.82, 2.24) is 10.2 Å². The van der Waals surface area contributed by atoms with E-state index in [1.54, 1.807) is 4.90 Å². The van der Waals surface area contributed by atoms with Crippen molar-refractivity contribution >= 4 is 17.7 Å². The molecule has 160 valence electrons. The van der Waals surface area contributed by atoms with Crippen LogP contribution in [0.1, 0.15) is 11.1 Å². The van der Waals surface area contributed by atoms with Crippen LogP contribution in [-0.2, 0) is 22.3 Å². The first-order valence-corrected chi connectivity index (χ1v) is 9.47. The number of nitrogens with one attached hydrogen (secondary N) is 1. The molecule has 1 saturated heterocycles. The van der Waals surface area contributed by atoms with E-state index in [-0.39, 0.29) is 19.1 Å². The van der Waals surface area contributed by atoms with Gasteiger partial charge in [0.15, 0.2) is 0 Å². The van der Waals surface area contributed by atoms with E-state index in [0.717, 1.165) is 17.7 Å². The van der Waals surface area contributed by atoms with Crippen LogP contribution in [0.15, 0.2) is 54.6 Å². The molecule has 1 aliphatic rings. The lowest BCUT2D eigenvalue weighted by Crippen LogP contribution is -2.51. The van der Waals surface area contributed by atoms with Crippen molar-refractivity contribution in [3.05, 3.63) is 65.7 Å². The van der Waals surface area contributed by atoms with Gasteiger partial charge in [0.1, 0.15) is 13.2 Å². The van der Waals surface area contributed by atoms with Gasteiger partial charge in [-0.15, -0.1) is 0 Å². The predicted octanol–water partition coefficient (Wildman–Crippen LogP) is 3.28. The Balaban J connectivity index is 1.40. The quantitative estimate of drug-likeness (QED) is 0.805. The second kappa shape index (κ2) is 9.51. The molecule has 30 heavy (non-hydrogen) atoms. The van der Waals surface area contributed by atoms with Gasteiger partial charge in [-0.3, -0.25) is 4.79 Å². The number of hydrogen-bond acceptors (Lipinski definition) is 4. The fourth-order valence-electron chi connectivity index (χ4n) is 3.11. The van der Waals surface area contributed by atoms with Crippen molar-refractivity contribution in [3.8, 4) is 0 Å². The van der Waals surface area contributed by atoms with Gasteiger partial charge in [0.25, 0.3) is 0 Å². The molecule has 1 N–H and O–H groups in total. The summed E-state index contributed by atoms with van der Waals surface area (Å²) in [6.45, 7) is 1.77. The summed E-state index contributed by atoms with van der Waals surface area (Å²) in [5.41, 5.74) is 0.835. The van der Waals surface area contributed by atoms with Gasteiger partial charge in [-0.05, 0) is 29.8 Å². The number of anilines is 1. The van der Waals surface area contributed by atoms with Crippen LogP contribution < -0.4 is 10.2 Å². The molecule has 2 aromatic rings. The zero-order chi connectivity index (χ0) is 21.6. The molecule has 9 heteroatoms. The summed E-state index contributed by atoms with van der Waals surface area (Å²) in [6, 6.07) is 14.2. The van der Waals surface area contributed by atoms with Gasteiger partial charge in [0.05, 0.1) is 5.56 Å². The topological polar surface area (TPSA) is 61.9 Å². The van der Waals surface area contributed by atoms with E-state index in [1.807, 2.05) is 35.2 Å². The lowest BCUT2D eigenvalue weighted by molar-refractivity contribution is -0.137. The summed E-state index contributed by atoms with van der Waals surface area (Å²) in [5, 5.41) is 2.44. The Bertz CT molecular complexity index is 849. The molecule has 1 fully saturated rings. The first-order chi connectivity index (χ1) is 14.3. The minimum Gasteiger partial charge on any atom is -0.445 e. The first-order valence-electron chi connectivity index (χ1n) is 9.47. The highest BCUT2D eigenvalue weighted by Gasteiger charge is 2.30. The van der Waals surface area contributed by atoms with Crippen LogP contribution in [0.25, 0.3) is 0 Å². The number of carbonyl (C=O) groups excluding carboxylic acids is 2. The van der Waals surface area contributed by atoms with Gasteiger partial charge in [-0.25, -0.2) is 4.79 Å². The highest BCUT2D eigenvalue weighted by atomic mass is 19.4. The maximum absolute atomic E-state index is 12.7. The molecule has 1 aliphatic heterocycles. The number of nitrogens with zero attached hydrogens (tertiary/aromatic N) is 2. The number of rotatable bonds is 5. The van der Waals surface area contributed by atoms with Gasteiger partial charge in [-0.1, -0.05) is 30.3 Å². The highest BCUT2D eigenvalue weighted by Crippen LogP contribution is 2.30. The van der Waals surface area contributed by atoms with E-state index >= 15 is 0 Å². The molecule has 0 aliphatic carbocycles. The van der Waals surface area contributed by atoms with Crippen molar-refractivity contribution < 1.29 is 27.5 Å². The fourth-order valence-corrected chi connectivity index (χ4v) is 3.11.